The van der Waals surface area contributed by atoms with Gasteiger partial charge in [0, 0.05) is 12.1 Å². The number of hydrogen-bond acceptors (Lipinski definition) is 5. The zero-order valence-corrected chi connectivity index (χ0v) is 15.8. The van der Waals surface area contributed by atoms with E-state index in [0.717, 1.165) is 24.0 Å². The third-order valence-electron chi connectivity index (χ3n) is 4.43. The zero-order chi connectivity index (χ0) is 18.3. The van der Waals surface area contributed by atoms with Gasteiger partial charge in [-0.1, -0.05) is 0 Å². The summed E-state index contributed by atoms with van der Waals surface area (Å²) in [6, 6.07) is 0. The summed E-state index contributed by atoms with van der Waals surface area (Å²) in [5.41, 5.74) is -0.494. The molecule has 134 valence electrons. The Bertz CT molecular complexity index is 607. The first-order valence-electron chi connectivity index (χ1n) is 8.48. The maximum absolute atomic E-state index is 12.2. The van der Waals surface area contributed by atoms with E-state index >= 15 is 0 Å². The van der Waals surface area contributed by atoms with Crippen LogP contribution in [-0.4, -0.2) is 45.3 Å². The van der Waals surface area contributed by atoms with Gasteiger partial charge < -0.3 is 14.5 Å². The Labute approximate surface area is 144 Å². The van der Waals surface area contributed by atoms with Crippen LogP contribution in [0.15, 0.2) is 6.20 Å². The predicted octanol–water partition coefficient (Wildman–Crippen LogP) is 2.09. The summed E-state index contributed by atoms with van der Waals surface area (Å²) in [5.74, 6) is 0.387. The number of ether oxygens (including phenoxy) is 1. The first-order valence-corrected chi connectivity index (χ1v) is 8.48. The molecule has 1 N–H and O–H groups in total. The Morgan fingerprint density at radius 3 is 2.29 bits per heavy atom. The summed E-state index contributed by atoms with van der Waals surface area (Å²) in [7, 11) is 0.297. The van der Waals surface area contributed by atoms with E-state index in [1.807, 2.05) is 34.6 Å². The first kappa shape index (κ1) is 19.0. The largest absolute Gasteiger partial charge is 0.442 e. The van der Waals surface area contributed by atoms with Crippen LogP contribution in [0.25, 0.3) is 0 Å². The summed E-state index contributed by atoms with van der Waals surface area (Å²) >= 11 is 0. The lowest BCUT2D eigenvalue weighted by Crippen LogP contribution is -2.49. The molecule has 0 atom stereocenters. The fourth-order valence-corrected chi connectivity index (χ4v) is 2.07. The molecular formula is C17H29BN2O4. The molecule has 0 aliphatic heterocycles. The van der Waals surface area contributed by atoms with Gasteiger partial charge in [0.25, 0.3) is 0 Å². The highest BCUT2D eigenvalue weighted by molar-refractivity contribution is 6.47. The van der Waals surface area contributed by atoms with E-state index in [9.17, 15) is 9.90 Å². The lowest BCUT2D eigenvalue weighted by molar-refractivity contribution is -0.0893. The van der Waals surface area contributed by atoms with Crippen molar-refractivity contribution in [1.82, 2.24) is 9.78 Å². The minimum Gasteiger partial charge on any atom is -0.442 e. The second-order valence-corrected chi connectivity index (χ2v) is 8.60. The van der Waals surface area contributed by atoms with Crippen LogP contribution in [0, 0.1) is 0 Å². The van der Waals surface area contributed by atoms with Gasteiger partial charge >= 0.3 is 13.6 Å². The Morgan fingerprint density at radius 1 is 1.25 bits per heavy atom. The van der Waals surface area contributed by atoms with Crippen molar-refractivity contribution in [3.05, 3.63) is 11.9 Å². The van der Waals surface area contributed by atoms with Crippen molar-refractivity contribution >= 4 is 19.0 Å². The Balaban J connectivity index is 2.16. The fourth-order valence-electron chi connectivity index (χ4n) is 2.07. The molecule has 1 aliphatic carbocycles. The number of rotatable bonds is 5. The molecule has 0 saturated heterocycles. The van der Waals surface area contributed by atoms with Crippen molar-refractivity contribution in [2.24, 2.45) is 0 Å². The van der Waals surface area contributed by atoms with E-state index in [0.29, 0.717) is 13.4 Å². The molecular weight excluding hydrogens is 307 g/mol. The second-order valence-electron chi connectivity index (χ2n) is 8.60. The van der Waals surface area contributed by atoms with Crippen molar-refractivity contribution in [3.8, 4) is 0 Å². The van der Waals surface area contributed by atoms with Gasteiger partial charge in [-0.3, -0.25) is 0 Å². The predicted molar refractivity (Wildman–Crippen MR) is 94.1 cm³/mol. The van der Waals surface area contributed by atoms with Gasteiger partial charge in [0.1, 0.15) is 5.60 Å². The molecule has 1 aromatic rings. The van der Waals surface area contributed by atoms with Gasteiger partial charge in [0.15, 0.2) is 0 Å². The van der Waals surface area contributed by atoms with Crippen LogP contribution in [0.1, 0.15) is 72.9 Å². The molecule has 0 radical (unpaired) electrons. The zero-order valence-electron chi connectivity index (χ0n) is 15.8. The van der Waals surface area contributed by atoms with E-state index in [1.165, 1.54) is 4.68 Å². The van der Waals surface area contributed by atoms with E-state index in [4.69, 9.17) is 9.39 Å². The van der Waals surface area contributed by atoms with Crippen LogP contribution in [-0.2, 0) is 9.39 Å². The van der Waals surface area contributed by atoms with Crippen LogP contribution in [0.5, 0.6) is 0 Å². The molecule has 0 amide bonds. The van der Waals surface area contributed by atoms with Crippen molar-refractivity contribution in [1.29, 1.82) is 0 Å². The summed E-state index contributed by atoms with van der Waals surface area (Å²) in [6.45, 7) is 12.6. The second kappa shape index (κ2) is 6.19. The van der Waals surface area contributed by atoms with E-state index in [2.05, 4.69) is 5.10 Å². The van der Waals surface area contributed by atoms with Crippen LogP contribution < -0.4 is 5.46 Å². The molecule has 1 aliphatic rings. The molecule has 0 bridgehead atoms. The van der Waals surface area contributed by atoms with Crippen molar-refractivity contribution in [2.45, 2.75) is 84.0 Å². The molecule has 1 heterocycles. The Morgan fingerprint density at radius 2 is 1.83 bits per heavy atom. The van der Waals surface area contributed by atoms with Gasteiger partial charge in [-0.2, -0.15) is 9.78 Å². The summed E-state index contributed by atoms with van der Waals surface area (Å²) in [6.07, 6.45) is 3.35. The normalized spacial score (nSPS) is 16.2. The van der Waals surface area contributed by atoms with Crippen LogP contribution >= 0.6 is 0 Å². The van der Waals surface area contributed by atoms with Crippen molar-refractivity contribution in [3.63, 3.8) is 0 Å². The van der Waals surface area contributed by atoms with Gasteiger partial charge in [0.2, 0.25) is 0 Å². The molecule has 0 aromatic carbocycles. The number of hydrogen-bond donors (Lipinski definition) is 1. The molecule has 0 unspecified atom stereocenters. The lowest BCUT2D eigenvalue weighted by atomic mass is 9.82. The highest BCUT2D eigenvalue weighted by atomic mass is 16.6. The SMILES string of the molecule is CC(C)(C)OC(=O)n1cc(BOC(C)(C)C(C)(C)O)c(C2CC2)n1. The maximum atomic E-state index is 12.2. The lowest BCUT2D eigenvalue weighted by Gasteiger charge is -2.37. The third-order valence-corrected chi connectivity index (χ3v) is 4.43. The monoisotopic (exact) mass is 336 g/mol. The van der Waals surface area contributed by atoms with E-state index in [-0.39, 0.29) is 0 Å². The van der Waals surface area contributed by atoms with Crippen molar-refractivity contribution in [2.75, 3.05) is 0 Å². The van der Waals surface area contributed by atoms with Crippen LogP contribution in [0.3, 0.4) is 0 Å². The molecule has 2 rings (SSSR count). The molecule has 24 heavy (non-hydrogen) atoms. The molecule has 1 aromatic heterocycles. The van der Waals surface area contributed by atoms with Crippen LogP contribution in [0.4, 0.5) is 4.79 Å². The molecule has 1 fully saturated rings. The third kappa shape index (κ3) is 4.60. The number of carbonyl (C=O) groups is 1. The number of carbonyl (C=O) groups excluding carboxylic acids is 1. The standard InChI is InChI=1S/C17H29BN2O4/c1-15(2,3)23-14(21)20-10-12(13(19-20)11-8-9-11)18-24-17(6,7)16(4,5)22/h10-11,18,22H,8-9H2,1-7H3. The molecule has 6 nitrogen and oxygen atoms in total. The minimum absolute atomic E-state index is 0.297. The van der Waals surface area contributed by atoms with Gasteiger partial charge in [-0.05, 0) is 66.8 Å². The van der Waals surface area contributed by atoms with E-state index < -0.39 is 22.9 Å². The highest BCUT2D eigenvalue weighted by Gasteiger charge is 2.37. The van der Waals surface area contributed by atoms with Gasteiger partial charge in [0.05, 0.1) is 16.9 Å². The Hall–Kier alpha value is -1.34. The average Bonchev–Trinajstić information content (AvgIpc) is 3.13. The topological polar surface area (TPSA) is 73.6 Å². The maximum Gasteiger partial charge on any atom is 0.435 e. The van der Waals surface area contributed by atoms with Crippen LogP contribution in [0.2, 0.25) is 0 Å². The van der Waals surface area contributed by atoms with Gasteiger partial charge in [-0.15, -0.1) is 0 Å². The number of nitrogens with zero attached hydrogens (tertiary/aromatic N) is 2. The molecule has 0 spiro atoms. The summed E-state index contributed by atoms with van der Waals surface area (Å²) < 4.78 is 12.6. The van der Waals surface area contributed by atoms with Gasteiger partial charge in [-0.25, -0.2) is 4.79 Å². The minimum atomic E-state index is -0.978. The molecule has 7 heteroatoms. The smallest absolute Gasteiger partial charge is 0.435 e. The first-order chi connectivity index (χ1) is 10.8. The highest BCUT2D eigenvalue weighted by Crippen LogP contribution is 2.38. The van der Waals surface area contributed by atoms with Crippen molar-refractivity contribution < 1.29 is 19.3 Å². The average molecular weight is 336 g/mol. The number of aromatic nitrogens is 2. The number of aliphatic hydroxyl groups is 1. The Kier molecular flexibility index (Phi) is 4.90. The fraction of sp³-hybridized carbons (Fsp3) is 0.765. The summed E-state index contributed by atoms with van der Waals surface area (Å²) in [5, 5.41) is 14.6. The quantitative estimate of drug-likeness (QED) is 0.834. The van der Waals surface area contributed by atoms with E-state index in [1.54, 1.807) is 20.0 Å². The summed E-state index contributed by atoms with van der Waals surface area (Å²) in [4.78, 5) is 12.2. The molecule has 1 saturated carbocycles.